The maximum atomic E-state index is 8.92. The number of nitrogens with zero attached hydrogens (tertiary/aromatic N) is 3. The Morgan fingerprint density at radius 1 is 1.13 bits per heavy atom. The molecule has 0 spiro atoms. The van der Waals surface area contributed by atoms with Crippen LogP contribution in [-0.2, 0) is 0 Å². The first-order chi connectivity index (χ1) is 7.31. The van der Waals surface area contributed by atoms with Gasteiger partial charge in [-0.3, -0.25) is 0 Å². The van der Waals surface area contributed by atoms with Crippen LogP contribution in [0.25, 0.3) is 11.1 Å². The highest BCUT2D eigenvalue weighted by Gasteiger charge is 2.04. The molecule has 0 saturated carbocycles. The molecule has 0 N–H and O–H groups in total. The molecule has 0 aliphatic carbocycles. The molecule has 0 radical (unpaired) electrons. The largest absolute Gasteiger partial charge is 0.226 e. The minimum absolute atomic E-state index is 0.202. The topological polar surface area (TPSA) is 49.6 Å². The molecule has 72 valence electrons. The minimum Gasteiger partial charge on any atom is -0.226 e. The molecule has 2 rings (SSSR count). The Labute approximate surface area is 92.0 Å². The maximum Gasteiger partial charge on any atom is 0.222 e. The molecule has 15 heavy (non-hydrogen) atoms. The van der Waals surface area contributed by atoms with E-state index in [1.165, 1.54) is 0 Å². The molecule has 3 nitrogen and oxygen atoms in total. The van der Waals surface area contributed by atoms with Crippen LogP contribution < -0.4 is 0 Å². The van der Waals surface area contributed by atoms with Gasteiger partial charge in [0.15, 0.2) is 0 Å². The van der Waals surface area contributed by atoms with Gasteiger partial charge >= 0.3 is 0 Å². The van der Waals surface area contributed by atoms with Crippen LogP contribution in [0.5, 0.6) is 0 Å². The summed E-state index contributed by atoms with van der Waals surface area (Å²) in [5.41, 5.74) is 2.21. The van der Waals surface area contributed by atoms with Gasteiger partial charge in [-0.1, -0.05) is 18.2 Å². The summed E-state index contributed by atoms with van der Waals surface area (Å²) in [6.07, 6.45) is 3.21. The third-order valence-electron chi connectivity index (χ3n) is 1.98. The summed E-state index contributed by atoms with van der Waals surface area (Å²) in [7, 11) is 0. The van der Waals surface area contributed by atoms with Crippen molar-refractivity contribution < 1.29 is 0 Å². The van der Waals surface area contributed by atoms with Crippen molar-refractivity contribution in [2.24, 2.45) is 0 Å². The lowest BCUT2D eigenvalue weighted by atomic mass is 10.0. The molecule has 0 fully saturated rings. The highest BCUT2D eigenvalue weighted by atomic mass is 35.5. The van der Waals surface area contributed by atoms with E-state index < -0.39 is 0 Å². The standard InChI is InChI=1S/C11H6ClN3/c12-11-14-6-9(7-15-11)10-4-2-1-3-8(10)5-13/h1-4,6-7H. The van der Waals surface area contributed by atoms with Crippen LogP contribution in [0.1, 0.15) is 5.56 Å². The zero-order valence-corrected chi connectivity index (χ0v) is 8.44. The maximum absolute atomic E-state index is 8.92. The quantitative estimate of drug-likeness (QED) is 0.688. The third-order valence-corrected chi connectivity index (χ3v) is 2.17. The lowest BCUT2D eigenvalue weighted by Crippen LogP contribution is -1.87. The van der Waals surface area contributed by atoms with Crippen molar-refractivity contribution in [2.75, 3.05) is 0 Å². The van der Waals surface area contributed by atoms with Gasteiger partial charge in [0, 0.05) is 23.5 Å². The van der Waals surface area contributed by atoms with E-state index in [4.69, 9.17) is 16.9 Å². The number of aromatic nitrogens is 2. The minimum atomic E-state index is 0.202. The van der Waals surface area contributed by atoms with Crippen LogP contribution in [0, 0.1) is 11.3 Å². The van der Waals surface area contributed by atoms with Crippen molar-refractivity contribution in [3.8, 4) is 17.2 Å². The molecule has 0 atom stereocenters. The number of benzene rings is 1. The summed E-state index contributed by atoms with van der Waals surface area (Å²) < 4.78 is 0. The van der Waals surface area contributed by atoms with Gasteiger partial charge < -0.3 is 0 Å². The zero-order valence-electron chi connectivity index (χ0n) is 7.68. The highest BCUT2D eigenvalue weighted by molar-refractivity contribution is 6.28. The summed E-state index contributed by atoms with van der Waals surface area (Å²) in [5, 5.41) is 9.12. The van der Waals surface area contributed by atoms with Crippen LogP contribution in [0.2, 0.25) is 5.28 Å². The summed E-state index contributed by atoms with van der Waals surface area (Å²) in [6, 6.07) is 9.41. The molecule has 0 unspecified atom stereocenters. The molecule has 1 aromatic carbocycles. The lowest BCUT2D eigenvalue weighted by molar-refractivity contribution is 1.17. The van der Waals surface area contributed by atoms with Gasteiger partial charge in [0.1, 0.15) is 0 Å². The Balaban J connectivity index is 2.55. The number of nitriles is 1. The Bertz CT molecular complexity index is 514. The van der Waals surface area contributed by atoms with Gasteiger partial charge in [0.25, 0.3) is 0 Å². The average molecular weight is 216 g/mol. The van der Waals surface area contributed by atoms with Crippen LogP contribution >= 0.6 is 11.6 Å². The van der Waals surface area contributed by atoms with E-state index in [1.807, 2.05) is 18.2 Å². The van der Waals surface area contributed by atoms with Crippen LogP contribution in [0.3, 0.4) is 0 Å². The molecule has 1 aromatic heterocycles. The smallest absolute Gasteiger partial charge is 0.222 e. The molecule has 0 aliphatic rings. The molecule has 0 amide bonds. The van der Waals surface area contributed by atoms with Crippen molar-refractivity contribution >= 4 is 11.6 Å². The van der Waals surface area contributed by atoms with Crippen molar-refractivity contribution in [3.63, 3.8) is 0 Å². The van der Waals surface area contributed by atoms with E-state index in [2.05, 4.69) is 16.0 Å². The Morgan fingerprint density at radius 3 is 2.47 bits per heavy atom. The summed E-state index contributed by atoms with van der Waals surface area (Å²) in [4.78, 5) is 7.75. The second kappa shape index (κ2) is 4.07. The number of hydrogen-bond donors (Lipinski definition) is 0. The molecule has 0 saturated heterocycles. The lowest BCUT2D eigenvalue weighted by Gasteiger charge is -2.02. The van der Waals surface area contributed by atoms with E-state index in [0.29, 0.717) is 5.56 Å². The molecule has 0 aliphatic heterocycles. The molecule has 0 bridgehead atoms. The fourth-order valence-electron chi connectivity index (χ4n) is 1.28. The van der Waals surface area contributed by atoms with E-state index in [-0.39, 0.29) is 5.28 Å². The molecule has 4 heteroatoms. The van der Waals surface area contributed by atoms with E-state index >= 15 is 0 Å². The van der Waals surface area contributed by atoms with Gasteiger partial charge in [0.05, 0.1) is 11.6 Å². The summed E-state index contributed by atoms with van der Waals surface area (Å²) in [5.74, 6) is 0. The van der Waals surface area contributed by atoms with Crippen molar-refractivity contribution in [1.29, 1.82) is 5.26 Å². The Morgan fingerprint density at radius 2 is 1.80 bits per heavy atom. The zero-order chi connectivity index (χ0) is 10.7. The van der Waals surface area contributed by atoms with Crippen LogP contribution in [-0.4, -0.2) is 9.97 Å². The first-order valence-corrected chi connectivity index (χ1v) is 4.66. The summed E-state index contributed by atoms with van der Waals surface area (Å²) in [6.45, 7) is 0. The van der Waals surface area contributed by atoms with Crippen molar-refractivity contribution in [2.45, 2.75) is 0 Å². The fraction of sp³-hybridized carbons (Fsp3) is 0. The Kier molecular flexibility index (Phi) is 2.61. The van der Waals surface area contributed by atoms with Gasteiger partial charge in [0.2, 0.25) is 5.28 Å². The predicted octanol–water partition coefficient (Wildman–Crippen LogP) is 2.67. The summed E-state index contributed by atoms with van der Waals surface area (Å²) >= 11 is 5.59. The second-order valence-electron chi connectivity index (χ2n) is 2.90. The van der Waals surface area contributed by atoms with Crippen molar-refractivity contribution in [3.05, 3.63) is 47.5 Å². The number of hydrogen-bond acceptors (Lipinski definition) is 3. The first-order valence-electron chi connectivity index (χ1n) is 4.28. The van der Waals surface area contributed by atoms with Crippen molar-refractivity contribution in [1.82, 2.24) is 9.97 Å². The number of halogens is 1. The highest BCUT2D eigenvalue weighted by Crippen LogP contribution is 2.21. The molecular weight excluding hydrogens is 210 g/mol. The third kappa shape index (κ3) is 1.95. The second-order valence-corrected chi connectivity index (χ2v) is 3.24. The predicted molar refractivity (Wildman–Crippen MR) is 57.2 cm³/mol. The van der Waals surface area contributed by atoms with Gasteiger partial charge in [-0.05, 0) is 17.7 Å². The van der Waals surface area contributed by atoms with Gasteiger partial charge in [-0.15, -0.1) is 0 Å². The van der Waals surface area contributed by atoms with Gasteiger partial charge in [-0.2, -0.15) is 5.26 Å². The average Bonchev–Trinajstić information content (AvgIpc) is 2.30. The fourth-order valence-corrected chi connectivity index (χ4v) is 1.38. The normalized spacial score (nSPS) is 9.60. The first kappa shape index (κ1) is 9.63. The van der Waals surface area contributed by atoms with Gasteiger partial charge in [-0.25, -0.2) is 9.97 Å². The van der Waals surface area contributed by atoms with Crippen LogP contribution in [0.4, 0.5) is 0 Å². The Hall–Kier alpha value is -1.92. The molecule has 1 heterocycles. The van der Waals surface area contributed by atoms with E-state index in [9.17, 15) is 0 Å². The SMILES string of the molecule is N#Cc1ccccc1-c1cnc(Cl)nc1. The molecule has 2 aromatic rings. The van der Waals surface area contributed by atoms with E-state index in [0.717, 1.165) is 11.1 Å². The van der Waals surface area contributed by atoms with E-state index in [1.54, 1.807) is 18.5 Å². The number of rotatable bonds is 1. The van der Waals surface area contributed by atoms with Crippen LogP contribution in [0.15, 0.2) is 36.7 Å². The molecular formula is C11H6ClN3. The monoisotopic (exact) mass is 215 g/mol.